The highest BCUT2D eigenvalue weighted by Crippen LogP contribution is 2.27. The number of hydrogen-bond donors (Lipinski definition) is 2. The van der Waals surface area contributed by atoms with E-state index in [0.717, 1.165) is 16.3 Å². The van der Waals surface area contributed by atoms with Crippen LogP contribution in [0.1, 0.15) is 12.5 Å². The predicted octanol–water partition coefficient (Wildman–Crippen LogP) is 2.11. The first-order valence-electron chi connectivity index (χ1n) is 6.76. The lowest BCUT2D eigenvalue weighted by Gasteiger charge is -2.18. The van der Waals surface area contributed by atoms with Gasteiger partial charge < -0.3 is 10.4 Å². The number of aromatic hydroxyl groups is 1. The molecule has 0 heterocycles. The fraction of sp³-hybridized carbons (Fsp3) is 0.312. The zero-order valence-electron chi connectivity index (χ0n) is 11.9. The summed E-state index contributed by atoms with van der Waals surface area (Å²) < 4.78 is 0. The third-order valence-electron chi connectivity index (χ3n) is 3.23. The summed E-state index contributed by atoms with van der Waals surface area (Å²) in [6, 6.07) is 11.5. The van der Waals surface area contributed by atoms with Crippen LogP contribution in [0, 0.1) is 0 Å². The van der Waals surface area contributed by atoms with Gasteiger partial charge in [0.15, 0.2) is 0 Å². The average Bonchev–Trinajstić information content (AvgIpc) is 2.42. The molecule has 4 nitrogen and oxygen atoms in total. The highest BCUT2D eigenvalue weighted by atomic mass is 16.3. The van der Waals surface area contributed by atoms with Gasteiger partial charge in [0.05, 0.1) is 6.54 Å². The molecule has 0 radical (unpaired) electrons. The van der Waals surface area contributed by atoms with Gasteiger partial charge in [-0.1, -0.05) is 30.3 Å². The average molecular weight is 272 g/mol. The van der Waals surface area contributed by atoms with E-state index < -0.39 is 0 Å². The molecule has 0 aromatic heterocycles. The Morgan fingerprint density at radius 1 is 1.25 bits per heavy atom. The summed E-state index contributed by atoms with van der Waals surface area (Å²) in [6.45, 7) is 3.38. The molecule has 0 spiro atoms. The van der Waals surface area contributed by atoms with Crippen LogP contribution < -0.4 is 5.32 Å². The number of amides is 1. The number of carbonyl (C=O) groups excluding carboxylic acids is 1. The molecule has 0 fully saturated rings. The summed E-state index contributed by atoms with van der Waals surface area (Å²) in [5.41, 5.74) is 0.856. The minimum atomic E-state index is -0.00488. The van der Waals surface area contributed by atoms with Crippen molar-refractivity contribution in [2.24, 2.45) is 0 Å². The van der Waals surface area contributed by atoms with Gasteiger partial charge in [-0.15, -0.1) is 0 Å². The van der Waals surface area contributed by atoms with Crippen LogP contribution in [0.3, 0.4) is 0 Å². The molecule has 0 atom stereocenters. The summed E-state index contributed by atoms with van der Waals surface area (Å²) in [6.07, 6.45) is 0. The molecule has 4 heteroatoms. The van der Waals surface area contributed by atoms with Gasteiger partial charge in [-0.25, -0.2) is 0 Å². The first kappa shape index (κ1) is 14.3. The van der Waals surface area contributed by atoms with Crippen LogP contribution in [0.15, 0.2) is 36.4 Å². The zero-order valence-corrected chi connectivity index (χ0v) is 11.9. The van der Waals surface area contributed by atoms with Crippen LogP contribution in [-0.4, -0.2) is 36.1 Å². The second kappa shape index (κ2) is 6.39. The maximum atomic E-state index is 11.6. The molecule has 0 saturated carbocycles. The van der Waals surface area contributed by atoms with Crippen molar-refractivity contribution in [1.29, 1.82) is 0 Å². The number of carbonyl (C=O) groups is 1. The van der Waals surface area contributed by atoms with E-state index in [1.807, 2.05) is 49.2 Å². The van der Waals surface area contributed by atoms with Crippen molar-refractivity contribution in [2.75, 3.05) is 20.1 Å². The lowest BCUT2D eigenvalue weighted by molar-refractivity contribution is -0.121. The van der Waals surface area contributed by atoms with E-state index in [9.17, 15) is 9.90 Å². The minimum absolute atomic E-state index is 0.00488. The molecular formula is C16H20N2O2. The number of phenols is 1. The van der Waals surface area contributed by atoms with Gasteiger partial charge in [0.1, 0.15) is 5.75 Å². The van der Waals surface area contributed by atoms with E-state index in [-0.39, 0.29) is 11.7 Å². The Bertz CT molecular complexity index is 610. The van der Waals surface area contributed by atoms with E-state index >= 15 is 0 Å². The highest BCUT2D eigenvalue weighted by Gasteiger charge is 2.11. The van der Waals surface area contributed by atoms with Crippen LogP contribution in [0.4, 0.5) is 0 Å². The Kier molecular flexibility index (Phi) is 4.58. The van der Waals surface area contributed by atoms with E-state index in [2.05, 4.69) is 5.32 Å². The van der Waals surface area contributed by atoms with Crippen LogP contribution in [-0.2, 0) is 11.3 Å². The van der Waals surface area contributed by atoms with Crippen molar-refractivity contribution >= 4 is 16.7 Å². The molecule has 0 aliphatic rings. The second-order valence-electron chi connectivity index (χ2n) is 4.91. The summed E-state index contributed by atoms with van der Waals surface area (Å²) in [4.78, 5) is 13.5. The summed E-state index contributed by atoms with van der Waals surface area (Å²) in [5.74, 6) is 0.265. The molecule has 2 rings (SSSR count). The number of nitrogens with zero attached hydrogens (tertiary/aromatic N) is 1. The maximum Gasteiger partial charge on any atom is 0.234 e. The first-order valence-corrected chi connectivity index (χ1v) is 6.76. The first-order chi connectivity index (χ1) is 9.61. The highest BCUT2D eigenvalue weighted by molar-refractivity contribution is 5.87. The van der Waals surface area contributed by atoms with Gasteiger partial charge in [0, 0.05) is 18.7 Å². The van der Waals surface area contributed by atoms with Crippen molar-refractivity contribution in [3.8, 4) is 5.75 Å². The summed E-state index contributed by atoms with van der Waals surface area (Å²) in [7, 11) is 1.87. The van der Waals surface area contributed by atoms with E-state index in [1.165, 1.54) is 0 Å². The monoisotopic (exact) mass is 272 g/mol. The van der Waals surface area contributed by atoms with Gasteiger partial charge >= 0.3 is 0 Å². The SMILES string of the molecule is CCNC(=O)CN(C)Cc1c(O)ccc2ccccc12. The van der Waals surface area contributed by atoms with Gasteiger partial charge in [-0.05, 0) is 30.8 Å². The topological polar surface area (TPSA) is 52.6 Å². The van der Waals surface area contributed by atoms with Gasteiger partial charge in [-0.2, -0.15) is 0 Å². The molecule has 106 valence electrons. The normalized spacial score (nSPS) is 10.9. The maximum absolute atomic E-state index is 11.6. The van der Waals surface area contributed by atoms with Crippen molar-refractivity contribution < 1.29 is 9.90 Å². The minimum Gasteiger partial charge on any atom is -0.508 e. The molecule has 0 bridgehead atoms. The fourth-order valence-electron chi connectivity index (χ4n) is 2.31. The number of phenolic OH excluding ortho intramolecular Hbond substituents is 1. The molecular weight excluding hydrogens is 252 g/mol. The fourth-order valence-corrected chi connectivity index (χ4v) is 2.31. The molecule has 1 amide bonds. The summed E-state index contributed by atoms with van der Waals surface area (Å²) >= 11 is 0. The number of nitrogens with one attached hydrogen (secondary N) is 1. The number of likely N-dealkylation sites (N-methyl/N-ethyl adjacent to an activating group) is 2. The lowest BCUT2D eigenvalue weighted by Crippen LogP contribution is -2.34. The Balaban J connectivity index is 2.20. The van der Waals surface area contributed by atoms with Crippen molar-refractivity contribution in [1.82, 2.24) is 10.2 Å². The second-order valence-corrected chi connectivity index (χ2v) is 4.91. The number of fused-ring (bicyclic) bond motifs is 1. The quantitative estimate of drug-likeness (QED) is 0.876. The van der Waals surface area contributed by atoms with Crippen molar-refractivity contribution in [3.05, 3.63) is 42.0 Å². The number of rotatable bonds is 5. The zero-order chi connectivity index (χ0) is 14.5. The Morgan fingerprint density at radius 2 is 2.00 bits per heavy atom. The molecule has 0 unspecified atom stereocenters. The van der Waals surface area contributed by atoms with E-state index in [4.69, 9.17) is 0 Å². The Hall–Kier alpha value is -2.07. The van der Waals surface area contributed by atoms with Crippen molar-refractivity contribution in [2.45, 2.75) is 13.5 Å². The molecule has 2 N–H and O–H groups in total. The molecule has 0 aliphatic heterocycles. The number of benzene rings is 2. The van der Waals surface area contributed by atoms with Gasteiger partial charge in [-0.3, -0.25) is 9.69 Å². The van der Waals surface area contributed by atoms with Crippen molar-refractivity contribution in [3.63, 3.8) is 0 Å². The smallest absolute Gasteiger partial charge is 0.234 e. The van der Waals surface area contributed by atoms with E-state index in [0.29, 0.717) is 19.6 Å². The van der Waals surface area contributed by atoms with Crippen LogP contribution in [0.2, 0.25) is 0 Å². The van der Waals surface area contributed by atoms with Crippen LogP contribution in [0.5, 0.6) is 5.75 Å². The van der Waals surface area contributed by atoms with Gasteiger partial charge in [0.2, 0.25) is 5.91 Å². The summed E-state index contributed by atoms with van der Waals surface area (Å²) in [5, 5.41) is 15.0. The lowest BCUT2D eigenvalue weighted by atomic mass is 10.0. The van der Waals surface area contributed by atoms with E-state index in [1.54, 1.807) is 6.07 Å². The largest absolute Gasteiger partial charge is 0.508 e. The molecule has 20 heavy (non-hydrogen) atoms. The third-order valence-corrected chi connectivity index (χ3v) is 3.23. The Morgan fingerprint density at radius 3 is 2.75 bits per heavy atom. The number of hydrogen-bond acceptors (Lipinski definition) is 3. The Labute approximate surface area is 119 Å². The molecule has 0 aliphatic carbocycles. The van der Waals surface area contributed by atoms with Gasteiger partial charge in [0.25, 0.3) is 0 Å². The molecule has 0 saturated heterocycles. The standard InChI is InChI=1S/C16H20N2O2/c1-3-17-16(20)11-18(2)10-14-13-7-5-4-6-12(13)8-9-15(14)19/h4-9,19H,3,10-11H2,1-2H3,(H,17,20). The van der Waals surface area contributed by atoms with Crippen LogP contribution >= 0.6 is 0 Å². The van der Waals surface area contributed by atoms with Crippen LogP contribution in [0.25, 0.3) is 10.8 Å². The predicted molar refractivity (Wildman–Crippen MR) is 80.6 cm³/mol. The molecule has 2 aromatic carbocycles. The molecule has 2 aromatic rings. The third kappa shape index (κ3) is 3.27.